The summed E-state index contributed by atoms with van der Waals surface area (Å²) < 4.78 is 5.45. The highest BCUT2D eigenvalue weighted by atomic mass is 16.5. The Labute approximate surface area is 198 Å². The molecule has 2 aliphatic heterocycles. The molecule has 3 heterocycles. The van der Waals surface area contributed by atoms with E-state index < -0.39 is 11.4 Å². The molecule has 2 fully saturated rings. The van der Waals surface area contributed by atoms with Crippen molar-refractivity contribution in [3.8, 4) is 0 Å². The molecule has 34 heavy (non-hydrogen) atoms. The van der Waals surface area contributed by atoms with Crippen molar-refractivity contribution in [1.82, 2.24) is 25.2 Å². The third kappa shape index (κ3) is 5.24. The van der Waals surface area contributed by atoms with E-state index in [9.17, 15) is 9.59 Å². The Kier molecular flexibility index (Phi) is 7.51. The van der Waals surface area contributed by atoms with Gasteiger partial charge in [-0.1, -0.05) is 42.5 Å². The fourth-order valence-corrected chi connectivity index (χ4v) is 4.26. The Balaban J connectivity index is 1.50. The maximum Gasteiger partial charge on any atom is 0.277 e. The van der Waals surface area contributed by atoms with Crippen LogP contribution in [-0.4, -0.2) is 94.8 Å². The number of aromatic nitrogens is 2. The van der Waals surface area contributed by atoms with Crippen molar-refractivity contribution < 1.29 is 19.5 Å². The van der Waals surface area contributed by atoms with Crippen LogP contribution in [-0.2, 0) is 9.53 Å². The molecule has 2 aliphatic rings. The molecule has 2 saturated heterocycles. The molecule has 180 valence electrons. The highest BCUT2D eigenvalue weighted by Crippen LogP contribution is 2.25. The van der Waals surface area contributed by atoms with Gasteiger partial charge in [0.2, 0.25) is 11.9 Å². The van der Waals surface area contributed by atoms with Gasteiger partial charge in [0.15, 0.2) is 0 Å². The quantitative estimate of drug-likeness (QED) is 0.480. The predicted octanol–water partition coefficient (Wildman–Crippen LogP) is 1.05. The number of anilines is 1. The number of rotatable bonds is 6. The molecule has 2 amide bonds. The van der Waals surface area contributed by atoms with E-state index in [2.05, 4.69) is 14.9 Å². The first kappa shape index (κ1) is 23.8. The lowest BCUT2D eigenvalue weighted by atomic mass is 9.94. The molecule has 0 saturated carbocycles. The van der Waals surface area contributed by atoms with E-state index in [1.807, 2.05) is 59.2 Å². The van der Waals surface area contributed by atoms with Gasteiger partial charge in [0.05, 0.1) is 18.8 Å². The second-order valence-electron chi connectivity index (χ2n) is 8.48. The molecule has 0 spiro atoms. The standard InChI is InChI=1S/C24H30N6O4/c1-24(8-7-19-5-3-2-4-6-19,22(32)28-13-15-34-16-14-28)30-11-9-29(10-12-30)23-25-17-20(18-26-23)21(31)27-33/h2-8,17-18,33H,9-16H2,1H3,(H,27,31). The van der Waals surface area contributed by atoms with Crippen molar-refractivity contribution >= 4 is 23.8 Å². The van der Waals surface area contributed by atoms with E-state index in [-0.39, 0.29) is 11.5 Å². The normalized spacial score (nSPS) is 19.1. The Morgan fingerprint density at radius 1 is 1.03 bits per heavy atom. The smallest absolute Gasteiger partial charge is 0.277 e. The topological polar surface area (TPSA) is 111 Å². The Hall–Kier alpha value is -3.34. The first-order valence-corrected chi connectivity index (χ1v) is 11.4. The van der Waals surface area contributed by atoms with Gasteiger partial charge in [-0.25, -0.2) is 15.4 Å². The maximum absolute atomic E-state index is 13.7. The van der Waals surface area contributed by atoms with E-state index in [4.69, 9.17) is 9.94 Å². The van der Waals surface area contributed by atoms with Crippen LogP contribution in [0, 0.1) is 0 Å². The number of hydrogen-bond acceptors (Lipinski definition) is 8. The summed E-state index contributed by atoms with van der Waals surface area (Å²) >= 11 is 0. The van der Waals surface area contributed by atoms with Crippen molar-refractivity contribution in [1.29, 1.82) is 0 Å². The van der Waals surface area contributed by atoms with Crippen LogP contribution in [0.1, 0.15) is 22.8 Å². The number of nitrogens with one attached hydrogen (secondary N) is 1. The van der Waals surface area contributed by atoms with Crippen molar-refractivity contribution in [3.63, 3.8) is 0 Å². The molecule has 0 bridgehead atoms. The summed E-state index contributed by atoms with van der Waals surface area (Å²) in [6.45, 7) is 6.84. The third-order valence-electron chi connectivity index (χ3n) is 6.35. The lowest BCUT2D eigenvalue weighted by Gasteiger charge is -2.45. The van der Waals surface area contributed by atoms with Gasteiger partial charge in [-0.2, -0.15) is 0 Å². The van der Waals surface area contributed by atoms with Gasteiger partial charge in [-0.05, 0) is 12.5 Å². The Bertz CT molecular complexity index is 1000. The number of benzene rings is 1. The van der Waals surface area contributed by atoms with E-state index in [0.29, 0.717) is 58.4 Å². The van der Waals surface area contributed by atoms with Gasteiger partial charge in [-0.15, -0.1) is 0 Å². The fraction of sp³-hybridized carbons (Fsp3) is 0.417. The Morgan fingerprint density at radius 3 is 2.29 bits per heavy atom. The second-order valence-corrected chi connectivity index (χ2v) is 8.48. The van der Waals surface area contributed by atoms with Gasteiger partial charge >= 0.3 is 0 Å². The number of morpholine rings is 1. The van der Waals surface area contributed by atoms with Crippen LogP contribution in [0.4, 0.5) is 5.95 Å². The molecule has 4 rings (SSSR count). The van der Waals surface area contributed by atoms with Crippen LogP contribution in [0.3, 0.4) is 0 Å². The van der Waals surface area contributed by atoms with E-state index in [1.54, 1.807) is 5.48 Å². The van der Waals surface area contributed by atoms with Crippen LogP contribution >= 0.6 is 0 Å². The van der Waals surface area contributed by atoms with Crippen molar-refractivity contribution in [2.75, 3.05) is 57.4 Å². The van der Waals surface area contributed by atoms with Gasteiger partial charge in [0.1, 0.15) is 5.54 Å². The van der Waals surface area contributed by atoms with Crippen molar-refractivity contribution in [3.05, 3.63) is 59.9 Å². The Morgan fingerprint density at radius 2 is 1.68 bits per heavy atom. The summed E-state index contributed by atoms with van der Waals surface area (Å²) in [6, 6.07) is 9.97. The molecule has 0 radical (unpaired) electrons. The second kappa shape index (κ2) is 10.7. The van der Waals surface area contributed by atoms with E-state index in [1.165, 1.54) is 12.4 Å². The van der Waals surface area contributed by atoms with E-state index >= 15 is 0 Å². The molecular formula is C24H30N6O4. The van der Waals surface area contributed by atoms with Crippen LogP contribution in [0.25, 0.3) is 6.08 Å². The van der Waals surface area contributed by atoms with Gasteiger partial charge < -0.3 is 14.5 Å². The van der Waals surface area contributed by atoms with Gasteiger partial charge in [-0.3, -0.25) is 19.7 Å². The maximum atomic E-state index is 13.7. The molecule has 1 aromatic heterocycles. The first-order valence-electron chi connectivity index (χ1n) is 11.4. The average molecular weight is 467 g/mol. The SMILES string of the molecule is CC(C=Cc1ccccc1)(C(=O)N1CCOCC1)N1CCN(c2ncc(C(=O)NO)cn2)CC1. The minimum Gasteiger partial charge on any atom is -0.378 e. The van der Waals surface area contributed by atoms with Gasteiger partial charge in [0, 0.05) is 51.7 Å². The molecule has 10 heteroatoms. The summed E-state index contributed by atoms with van der Waals surface area (Å²) in [5.74, 6) is -0.0683. The number of carbonyl (C=O) groups is 2. The monoisotopic (exact) mass is 466 g/mol. The molecular weight excluding hydrogens is 436 g/mol. The van der Waals surface area contributed by atoms with Crippen LogP contribution in [0.5, 0.6) is 0 Å². The molecule has 10 nitrogen and oxygen atoms in total. The molecule has 1 atom stereocenters. The third-order valence-corrected chi connectivity index (χ3v) is 6.35. The van der Waals surface area contributed by atoms with Gasteiger partial charge in [0.25, 0.3) is 5.91 Å². The zero-order valence-corrected chi connectivity index (χ0v) is 19.3. The number of piperazine rings is 1. The zero-order valence-electron chi connectivity index (χ0n) is 19.3. The molecule has 1 aromatic carbocycles. The summed E-state index contributed by atoms with van der Waals surface area (Å²) in [4.78, 5) is 39.8. The molecule has 2 aromatic rings. The fourth-order valence-electron chi connectivity index (χ4n) is 4.26. The summed E-state index contributed by atoms with van der Waals surface area (Å²) in [6.07, 6.45) is 6.79. The summed E-state index contributed by atoms with van der Waals surface area (Å²) in [7, 11) is 0. The number of nitrogens with zero attached hydrogens (tertiary/aromatic N) is 5. The summed E-state index contributed by atoms with van der Waals surface area (Å²) in [5, 5.41) is 8.75. The van der Waals surface area contributed by atoms with Crippen LogP contribution < -0.4 is 10.4 Å². The van der Waals surface area contributed by atoms with Crippen molar-refractivity contribution in [2.45, 2.75) is 12.5 Å². The highest BCUT2D eigenvalue weighted by molar-refractivity contribution is 5.92. The number of hydroxylamine groups is 1. The number of hydrogen-bond donors (Lipinski definition) is 2. The molecule has 1 unspecified atom stereocenters. The highest BCUT2D eigenvalue weighted by Gasteiger charge is 2.41. The zero-order chi connectivity index (χ0) is 24.0. The minimum absolute atomic E-state index is 0.0760. The molecule has 2 N–H and O–H groups in total. The predicted molar refractivity (Wildman–Crippen MR) is 126 cm³/mol. The van der Waals surface area contributed by atoms with E-state index in [0.717, 1.165) is 5.56 Å². The summed E-state index contributed by atoms with van der Waals surface area (Å²) in [5.41, 5.74) is 2.00. The van der Waals surface area contributed by atoms with Crippen molar-refractivity contribution in [2.24, 2.45) is 0 Å². The molecule has 0 aliphatic carbocycles. The number of carbonyl (C=O) groups excluding carboxylic acids is 2. The number of amides is 2. The number of ether oxygens (including phenoxy) is 1. The first-order chi connectivity index (χ1) is 16.5. The van der Waals surface area contributed by atoms with Crippen LogP contribution in [0.15, 0.2) is 48.8 Å². The minimum atomic E-state index is -0.802. The van der Waals surface area contributed by atoms with Crippen LogP contribution in [0.2, 0.25) is 0 Å². The average Bonchev–Trinajstić information content (AvgIpc) is 2.92. The largest absolute Gasteiger partial charge is 0.378 e. The lowest BCUT2D eigenvalue weighted by molar-refractivity contribution is -0.145. The lowest BCUT2D eigenvalue weighted by Crippen LogP contribution is -2.63.